The quantitative estimate of drug-likeness (QED) is 0.175. The largest absolute Gasteiger partial charge is 0.383 e. The van der Waals surface area contributed by atoms with Crippen LogP contribution < -0.4 is 21.3 Å². The summed E-state index contributed by atoms with van der Waals surface area (Å²) in [4.78, 5) is 28.1. The van der Waals surface area contributed by atoms with Gasteiger partial charge in [0.1, 0.15) is 10.0 Å². The molecule has 2 aromatic carbocycles. The first-order chi connectivity index (χ1) is 19.6. The van der Waals surface area contributed by atoms with Crippen LogP contribution in [-0.4, -0.2) is 61.3 Å². The second-order valence-electron chi connectivity index (χ2n) is 9.59. The molecule has 0 saturated carbocycles. The Kier molecular flexibility index (Phi) is 7.98. The monoisotopic (exact) mass is 573 g/mol. The first-order valence-corrected chi connectivity index (χ1v) is 15.0. The van der Waals surface area contributed by atoms with Gasteiger partial charge in [0.15, 0.2) is 0 Å². The number of nitrogens with one attached hydrogen (secondary N) is 4. The van der Waals surface area contributed by atoms with Crippen molar-refractivity contribution in [3.63, 3.8) is 0 Å². The van der Waals surface area contributed by atoms with Gasteiger partial charge in [0.25, 0.3) is 0 Å². The maximum atomic E-state index is 12.8. The number of amides is 1. The molecular formula is C29H31N7O2S2. The summed E-state index contributed by atoms with van der Waals surface area (Å²) >= 11 is 3.34. The Labute approximate surface area is 240 Å². The molecule has 5 aromatic rings. The number of carbonyl (C=O) groups is 1. The average molecular weight is 574 g/mol. The van der Waals surface area contributed by atoms with E-state index >= 15 is 0 Å². The van der Waals surface area contributed by atoms with Gasteiger partial charge in [0, 0.05) is 62.2 Å². The van der Waals surface area contributed by atoms with Crippen LogP contribution >= 0.6 is 22.7 Å². The number of thiophene rings is 1. The fourth-order valence-corrected chi connectivity index (χ4v) is 7.21. The predicted molar refractivity (Wildman–Crippen MR) is 164 cm³/mol. The highest BCUT2D eigenvalue weighted by molar-refractivity contribution is 7.23. The molecule has 1 aliphatic heterocycles. The molecule has 4 N–H and O–H groups in total. The van der Waals surface area contributed by atoms with Crippen LogP contribution in [-0.2, 0) is 22.5 Å². The molecule has 11 heteroatoms. The van der Waals surface area contributed by atoms with E-state index in [4.69, 9.17) is 9.72 Å². The van der Waals surface area contributed by atoms with E-state index in [9.17, 15) is 4.79 Å². The fraction of sp³-hybridized carbons (Fsp3) is 0.310. The minimum atomic E-state index is 0.00300. The van der Waals surface area contributed by atoms with Crippen molar-refractivity contribution >= 4 is 60.6 Å². The lowest BCUT2D eigenvalue weighted by molar-refractivity contribution is -0.116. The summed E-state index contributed by atoms with van der Waals surface area (Å²) in [5, 5.41) is 15.7. The lowest BCUT2D eigenvalue weighted by Gasteiger charge is -2.13. The van der Waals surface area contributed by atoms with E-state index in [0.717, 1.165) is 73.9 Å². The van der Waals surface area contributed by atoms with Gasteiger partial charge in [-0.15, -0.1) is 22.7 Å². The van der Waals surface area contributed by atoms with Crippen LogP contribution in [0.1, 0.15) is 16.9 Å². The van der Waals surface area contributed by atoms with Gasteiger partial charge in [-0.05, 0) is 53.9 Å². The van der Waals surface area contributed by atoms with Gasteiger partial charge in [0.2, 0.25) is 11.9 Å². The lowest BCUT2D eigenvalue weighted by Crippen LogP contribution is -2.24. The van der Waals surface area contributed by atoms with E-state index in [1.165, 1.54) is 10.4 Å². The SMILES string of the molecule is CNc1ncc2cc(-c3ccc4sc(-c5c(NC(=O)CCNCCOC)sc6c5CCNC6)nc4c3)ccc2n1. The standard InChI is InChI=1S/C29H31N7O2S2/c1-30-29-33-15-19-13-17(3-5-21(19)35-29)18-4-6-23-22(14-18)34-27(39-23)26-20-7-9-32-16-24(20)40-28(26)36-25(37)8-10-31-11-12-38-2/h3-6,13-15,31-32H,7-12,16H2,1-2H3,(H,36,37)(H,30,33,35). The van der Waals surface area contributed by atoms with Crippen LogP contribution in [0.25, 0.3) is 42.8 Å². The number of nitrogens with zero attached hydrogens (tertiary/aromatic N) is 3. The number of ether oxygens (including phenoxy) is 1. The molecule has 6 rings (SSSR count). The molecule has 1 aliphatic rings. The Morgan fingerprint density at radius 3 is 2.83 bits per heavy atom. The second kappa shape index (κ2) is 11.9. The van der Waals surface area contributed by atoms with Crippen molar-refractivity contribution in [2.75, 3.05) is 51.0 Å². The molecule has 0 fully saturated rings. The Hall–Kier alpha value is -3.48. The van der Waals surface area contributed by atoms with Crippen LogP contribution in [0.15, 0.2) is 42.6 Å². The number of anilines is 2. The Bertz CT molecular complexity index is 1680. The van der Waals surface area contributed by atoms with Crippen LogP contribution in [0.2, 0.25) is 0 Å². The molecule has 0 radical (unpaired) electrons. The zero-order valence-corrected chi connectivity index (χ0v) is 24.1. The zero-order valence-electron chi connectivity index (χ0n) is 22.5. The van der Waals surface area contributed by atoms with Crippen molar-refractivity contribution in [1.82, 2.24) is 25.6 Å². The second-order valence-corrected chi connectivity index (χ2v) is 11.7. The minimum Gasteiger partial charge on any atom is -0.383 e. The lowest BCUT2D eigenvalue weighted by atomic mass is 10.0. The predicted octanol–water partition coefficient (Wildman–Crippen LogP) is 4.89. The number of aromatic nitrogens is 3. The number of fused-ring (bicyclic) bond motifs is 3. The summed E-state index contributed by atoms with van der Waals surface area (Å²) < 4.78 is 6.18. The van der Waals surface area contributed by atoms with Crippen molar-refractivity contribution < 1.29 is 9.53 Å². The third kappa shape index (κ3) is 5.56. The molecule has 40 heavy (non-hydrogen) atoms. The topological polar surface area (TPSA) is 113 Å². The van der Waals surface area contributed by atoms with E-state index in [1.54, 1.807) is 29.8 Å². The number of hydrogen-bond acceptors (Lipinski definition) is 10. The van der Waals surface area contributed by atoms with E-state index in [0.29, 0.717) is 25.5 Å². The minimum absolute atomic E-state index is 0.00300. The van der Waals surface area contributed by atoms with Gasteiger partial charge in [-0.25, -0.2) is 15.0 Å². The normalized spacial score (nSPS) is 13.1. The number of hydrogen-bond donors (Lipinski definition) is 4. The van der Waals surface area contributed by atoms with E-state index in [-0.39, 0.29) is 5.91 Å². The number of carbonyl (C=O) groups excluding carboxylic acids is 1. The first-order valence-electron chi connectivity index (χ1n) is 13.3. The molecule has 0 atom stereocenters. The summed E-state index contributed by atoms with van der Waals surface area (Å²) in [7, 11) is 3.49. The van der Waals surface area contributed by atoms with Crippen LogP contribution in [0.5, 0.6) is 0 Å². The van der Waals surface area contributed by atoms with Crippen molar-refractivity contribution in [3.8, 4) is 21.7 Å². The van der Waals surface area contributed by atoms with Crippen molar-refractivity contribution in [3.05, 3.63) is 53.0 Å². The molecule has 0 unspecified atom stereocenters. The van der Waals surface area contributed by atoms with E-state index in [1.807, 2.05) is 19.3 Å². The molecule has 206 valence electrons. The third-order valence-electron chi connectivity index (χ3n) is 6.93. The maximum absolute atomic E-state index is 12.8. The number of rotatable bonds is 10. The molecule has 0 bridgehead atoms. The summed E-state index contributed by atoms with van der Waals surface area (Å²) in [6.45, 7) is 3.70. The molecule has 3 aromatic heterocycles. The average Bonchev–Trinajstić information content (AvgIpc) is 3.56. The van der Waals surface area contributed by atoms with Gasteiger partial charge in [-0.1, -0.05) is 12.1 Å². The molecule has 0 spiro atoms. The number of thiazole rings is 1. The van der Waals surface area contributed by atoms with E-state index < -0.39 is 0 Å². The summed E-state index contributed by atoms with van der Waals surface area (Å²) in [6.07, 6.45) is 3.17. The zero-order chi connectivity index (χ0) is 27.5. The van der Waals surface area contributed by atoms with Gasteiger partial charge in [-0.3, -0.25) is 4.79 Å². The summed E-state index contributed by atoms with van der Waals surface area (Å²) in [5.41, 5.74) is 6.41. The number of benzene rings is 2. The van der Waals surface area contributed by atoms with Gasteiger partial charge < -0.3 is 26.0 Å². The number of methoxy groups -OCH3 is 1. The van der Waals surface area contributed by atoms with Crippen molar-refractivity contribution in [2.24, 2.45) is 0 Å². The molecule has 1 amide bonds. The molecule has 0 aliphatic carbocycles. The Balaban J connectivity index is 1.29. The molecule has 9 nitrogen and oxygen atoms in total. The molecule has 4 heterocycles. The van der Waals surface area contributed by atoms with Crippen LogP contribution in [0.4, 0.5) is 10.9 Å². The van der Waals surface area contributed by atoms with Crippen LogP contribution in [0, 0.1) is 0 Å². The van der Waals surface area contributed by atoms with Gasteiger partial charge in [-0.2, -0.15) is 0 Å². The molecular weight excluding hydrogens is 543 g/mol. The summed E-state index contributed by atoms with van der Waals surface area (Å²) in [6, 6.07) is 12.6. The van der Waals surface area contributed by atoms with Gasteiger partial charge >= 0.3 is 0 Å². The maximum Gasteiger partial charge on any atom is 0.226 e. The molecule has 0 saturated heterocycles. The fourth-order valence-electron chi connectivity index (χ4n) is 4.89. The van der Waals surface area contributed by atoms with Crippen molar-refractivity contribution in [1.29, 1.82) is 0 Å². The van der Waals surface area contributed by atoms with Crippen molar-refractivity contribution in [2.45, 2.75) is 19.4 Å². The highest BCUT2D eigenvalue weighted by Crippen LogP contribution is 2.45. The highest BCUT2D eigenvalue weighted by Gasteiger charge is 2.25. The first kappa shape index (κ1) is 26.7. The smallest absolute Gasteiger partial charge is 0.226 e. The summed E-state index contributed by atoms with van der Waals surface area (Å²) in [5.74, 6) is 0.612. The van der Waals surface area contributed by atoms with E-state index in [2.05, 4.69) is 61.6 Å². The highest BCUT2D eigenvalue weighted by atomic mass is 32.1. The Morgan fingerprint density at radius 1 is 1.07 bits per heavy atom. The third-order valence-corrected chi connectivity index (χ3v) is 9.13. The van der Waals surface area contributed by atoms with Gasteiger partial charge in [0.05, 0.1) is 22.3 Å². The Morgan fingerprint density at radius 2 is 1.95 bits per heavy atom. The van der Waals surface area contributed by atoms with Crippen LogP contribution in [0.3, 0.4) is 0 Å².